The van der Waals surface area contributed by atoms with Crippen molar-refractivity contribution < 1.29 is 35.1 Å². The van der Waals surface area contributed by atoms with E-state index in [4.69, 9.17) is 25.3 Å². The second-order valence-corrected chi connectivity index (χ2v) is 21.2. The zero-order valence-corrected chi connectivity index (χ0v) is 38.0. The van der Waals surface area contributed by atoms with E-state index >= 15 is 0 Å². The number of rotatable bonds is 7. The molecule has 4 aliphatic rings. The summed E-state index contributed by atoms with van der Waals surface area (Å²) in [6.45, 7) is 8.99. The van der Waals surface area contributed by atoms with E-state index in [9.17, 15) is 35.2 Å². The number of aromatic nitrogens is 8. The Labute approximate surface area is 377 Å². The first kappa shape index (κ1) is 46.6. The average molecular weight is 959 g/mol. The maximum atomic E-state index is 14.2. The van der Waals surface area contributed by atoms with Crippen LogP contribution in [-0.2, 0) is 28.5 Å². The summed E-state index contributed by atoms with van der Waals surface area (Å²) in [6, 6.07) is 10.3. The number of sulfonamides is 1. The summed E-state index contributed by atoms with van der Waals surface area (Å²) in [5.74, 6) is 1.90. The topological polar surface area (TPSA) is 228 Å². The normalized spacial score (nSPS) is 22.4. The van der Waals surface area contributed by atoms with Gasteiger partial charge in [0.05, 0.1) is 12.4 Å². The maximum Gasteiger partial charge on any atom is 0.276 e. The number of nitrogens with one attached hydrogen (secondary N) is 3. The SMILES string of the molecule is CC1CN(S(=O)(=O)c2ccccc2F)CC1c1nn2c(C3CCOCC3)ncc2c(=O)[nH]1.CC1CNCC1c1nn2c(C3CCOCC3)ncc2c(=O)[nH]1.O=S(=O)(Cl)c1ccccc1F. The number of hydrogen-bond donors (Lipinski definition) is 3. The molecule has 23 heteroatoms. The number of hydrogen-bond acceptors (Lipinski definition) is 13. The zero-order valence-electron chi connectivity index (χ0n) is 35.6. The van der Waals surface area contributed by atoms with E-state index in [1.54, 1.807) is 15.2 Å². The number of aromatic amines is 2. The van der Waals surface area contributed by atoms with Crippen molar-refractivity contribution in [1.82, 2.24) is 48.8 Å². The largest absolute Gasteiger partial charge is 0.381 e. The molecule has 4 saturated heterocycles. The van der Waals surface area contributed by atoms with Crippen molar-refractivity contribution in [1.29, 1.82) is 0 Å². The molecule has 348 valence electrons. The Hall–Kier alpha value is -4.97. The van der Waals surface area contributed by atoms with Gasteiger partial charge in [-0.15, -0.1) is 0 Å². The molecule has 0 amide bonds. The van der Waals surface area contributed by atoms with Gasteiger partial charge in [0.25, 0.3) is 20.2 Å². The molecular weight excluding hydrogens is 910 g/mol. The fraction of sp³-hybridized carbons (Fsp3) is 0.476. The fourth-order valence-corrected chi connectivity index (χ4v) is 11.3. The molecular formula is C42H49ClF2N10O8S2. The van der Waals surface area contributed by atoms with Crippen molar-refractivity contribution in [2.75, 3.05) is 52.6 Å². The molecule has 2 aromatic carbocycles. The van der Waals surface area contributed by atoms with Crippen LogP contribution in [0.3, 0.4) is 0 Å². The monoisotopic (exact) mass is 958 g/mol. The van der Waals surface area contributed by atoms with Crippen LogP contribution in [0.2, 0.25) is 0 Å². The number of fused-ring (bicyclic) bond motifs is 2. The second-order valence-electron chi connectivity index (χ2n) is 16.7. The van der Waals surface area contributed by atoms with Crippen molar-refractivity contribution in [3.8, 4) is 0 Å². The lowest BCUT2D eigenvalue weighted by molar-refractivity contribution is 0.0831. The number of halogens is 3. The number of nitrogens with zero attached hydrogens (tertiary/aromatic N) is 7. The van der Waals surface area contributed by atoms with Crippen LogP contribution in [0.15, 0.2) is 80.3 Å². The Morgan fingerprint density at radius 3 is 1.58 bits per heavy atom. The second kappa shape index (κ2) is 19.5. The lowest BCUT2D eigenvalue weighted by Gasteiger charge is -2.21. The summed E-state index contributed by atoms with van der Waals surface area (Å²) < 4.78 is 89.5. The van der Waals surface area contributed by atoms with Crippen LogP contribution in [-0.4, -0.2) is 113 Å². The Bertz CT molecular complexity index is 3010. The predicted molar refractivity (Wildman–Crippen MR) is 234 cm³/mol. The standard InChI is InChI=1S/C21H24FN5O4S.C15H21N5O2.C6H4ClFO2S/c1-13-11-26(32(29,30)18-5-3-2-4-16(18)22)12-15(13)19-24-21(28)17-10-23-20(27(17)25-19)14-6-8-31-9-7-14;1-9-6-16-7-11(9)13-18-15(21)12-8-17-14(20(12)19-13)10-2-4-22-5-3-10;7-11(9,10)6-4-2-1-3-5(6)8/h2-5,10,13-15H,6-9,11-12H2,1H3,(H,24,25,28);8-11,16H,2-7H2,1H3,(H,18,19,21);1-4H. The fourth-order valence-electron chi connectivity index (χ4n) is 8.75. The minimum Gasteiger partial charge on any atom is -0.381 e. The van der Waals surface area contributed by atoms with Crippen LogP contribution in [0, 0.1) is 23.5 Å². The third kappa shape index (κ3) is 9.93. The van der Waals surface area contributed by atoms with E-state index in [2.05, 4.69) is 37.3 Å². The van der Waals surface area contributed by atoms with Gasteiger partial charge >= 0.3 is 0 Å². The lowest BCUT2D eigenvalue weighted by Crippen LogP contribution is -2.30. The van der Waals surface area contributed by atoms with Gasteiger partial charge in [0, 0.05) is 80.4 Å². The Morgan fingerprint density at radius 1 is 0.662 bits per heavy atom. The molecule has 0 radical (unpaired) electrons. The molecule has 0 spiro atoms. The molecule has 0 aliphatic carbocycles. The predicted octanol–water partition coefficient (Wildman–Crippen LogP) is 4.26. The molecule has 4 aliphatic heterocycles. The molecule has 8 heterocycles. The summed E-state index contributed by atoms with van der Waals surface area (Å²) in [5.41, 5.74) is 0.471. The van der Waals surface area contributed by atoms with Crippen molar-refractivity contribution in [2.24, 2.45) is 11.8 Å². The minimum atomic E-state index is -4.00. The van der Waals surface area contributed by atoms with Crippen molar-refractivity contribution >= 4 is 40.8 Å². The molecule has 4 aromatic heterocycles. The van der Waals surface area contributed by atoms with E-state index in [-0.39, 0.29) is 52.8 Å². The molecule has 0 saturated carbocycles. The van der Waals surface area contributed by atoms with Crippen LogP contribution in [0.25, 0.3) is 11.0 Å². The zero-order chi connectivity index (χ0) is 46.0. The number of H-pyrrole nitrogens is 2. The summed E-state index contributed by atoms with van der Waals surface area (Å²) in [5, 5.41) is 12.8. The van der Waals surface area contributed by atoms with Gasteiger partial charge in [-0.1, -0.05) is 38.1 Å². The van der Waals surface area contributed by atoms with E-state index in [0.717, 1.165) is 87.7 Å². The number of ether oxygens (including phenoxy) is 2. The molecule has 4 atom stereocenters. The van der Waals surface area contributed by atoms with Crippen LogP contribution in [0.5, 0.6) is 0 Å². The van der Waals surface area contributed by atoms with Gasteiger partial charge in [0.1, 0.15) is 44.7 Å². The van der Waals surface area contributed by atoms with E-state index in [1.807, 2.05) is 6.92 Å². The first-order chi connectivity index (χ1) is 31.1. The number of benzene rings is 2. The highest BCUT2D eigenvalue weighted by Gasteiger charge is 2.40. The first-order valence-electron chi connectivity index (χ1n) is 21.4. The molecule has 0 bridgehead atoms. The summed E-state index contributed by atoms with van der Waals surface area (Å²) in [7, 11) is -3.05. The molecule has 10 rings (SSSR count). The van der Waals surface area contributed by atoms with Crippen molar-refractivity contribution in [3.63, 3.8) is 0 Å². The van der Waals surface area contributed by atoms with Gasteiger partial charge in [0.15, 0.2) is 11.0 Å². The highest BCUT2D eigenvalue weighted by atomic mass is 35.7. The smallest absolute Gasteiger partial charge is 0.276 e. The van der Waals surface area contributed by atoms with Crippen LogP contribution in [0.1, 0.15) is 86.5 Å². The lowest BCUT2D eigenvalue weighted by atomic mass is 9.97. The molecule has 18 nitrogen and oxygen atoms in total. The van der Waals surface area contributed by atoms with Crippen molar-refractivity contribution in [2.45, 2.75) is 73.0 Å². The molecule has 4 unspecified atom stereocenters. The van der Waals surface area contributed by atoms with Gasteiger partial charge in [0.2, 0.25) is 10.0 Å². The quantitative estimate of drug-likeness (QED) is 0.190. The minimum absolute atomic E-state index is 0.102. The van der Waals surface area contributed by atoms with E-state index in [0.29, 0.717) is 41.9 Å². The Kier molecular flexibility index (Phi) is 13.9. The van der Waals surface area contributed by atoms with Crippen molar-refractivity contribution in [3.05, 3.63) is 117 Å². The third-order valence-corrected chi connectivity index (χ3v) is 15.6. The summed E-state index contributed by atoms with van der Waals surface area (Å²) >= 11 is 0. The first-order valence-corrected chi connectivity index (χ1v) is 25.1. The summed E-state index contributed by atoms with van der Waals surface area (Å²) in [6.07, 6.45) is 6.63. The number of imidazole rings is 2. The van der Waals surface area contributed by atoms with Gasteiger partial charge in [-0.25, -0.2) is 44.6 Å². The van der Waals surface area contributed by atoms with E-state index < -0.39 is 35.6 Å². The van der Waals surface area contributed by atoms with Crippen LogP contribution >= 0.6 is 10.7 Å². The van der Waals surface area contributed by atoms with Gasteiger partial charge in [-0.05, 0) is 68.3 Å². The van der Waals surface area contributed by atoms with Crippen LogP contribution < -0.4 is 16.4 Å². The molecule has 4 fully saturated rings. The molecule has 6 aromatic rings. The highest BCUT2D eigenvalue weighted by molar-refractivity contribution is 8.13. The third-order valence-electron chi connectivity index (χ3n) is 12.4. The van der Waals surface area contributed by atoms with Gasteiger partial charge in [-0.2, -0.15) is 14.5 Å². The highest BCUT2D eigenvalue weighted by Crippen LogP contribution is 2.35. The van der Waals surface area contributed by atoms with E-state index in [1.165, 1.54) is 40.8 Å². The average Bonchev–Trinajstić information content (AvgIpc) is 4.11. The Morgan fingerprint density at radius 2 is 1.14 bits per heavy atom. The Balaban J connectivity index is 0.000000150. The summed E-state index contributed by atoms with van der Waals surface area (Å²) in [4.78, 5) is 39.0. The maximum absolute atomic E-state index is 14.2. The molecule has 3 N–H and O–H groups in total. The van der Waals surface area contributed by atoms with Crippen LogP contribution in [0.4, 0.5) is 8.78 Å². The molecule has 65 heavy (non-hydrogen) atoms. The van der Waals surface area contributed by atoms with Gasteiger partial charge in [-0.3, -0.25) is 9.59 Å². The van der Waals surface area contributed by atoms with Gasteiger partial charge < -0.3 is 24.8 Å².